The first-order valence-electron chi connectivity index (χ1n) is 6.27. The number of likely N-dealkylation sites (tertiary alicyclic amines) is 1. The molecule has 0 radical (unpaired) electrons. The van der Waals surface area contributed by atoms with Crippen LogP contribution in [-0.4, -0.2) is 29.9 Å². The van der Waals surface area contributed by atoms with Gasteiger partial charge < -0.3 is 5.32 Å². The van der Waals surface area contributed by atoms with Gasteiger partial charge in [-0.2, -0.15) is 0 Å². The predicted molar refractivity (Wildman–Crippen MR) is 68.6 cm³/mol. The molecule has 1 N–H and O–H groups in total. The van der Waals surface area contributed by atoms with Crippen LogP contribution in [0.1, 0.15) is 25.3 Å². The molecule has 1 unspecified atom stereocenters. The van der Waals surface area contributed by atoms with E-state index in [9.17, 15) is 4.79 Å². The molecule has 3 nitrogen and oxygen atoms in total. The number of carbonyl (C=O) groups is 1. The number of rotatable bonds is 3. The minimum absolute atomic E-state index is 0.0801. The van der Waals surface area contributed by atoms with E-state index in [-0.39, 0.29) is 5.91 Å². The second-order valence-corrected chi connectivity index (χ2v) is 4.76. The van der Waals surface area contributed by atoms with Crippen LogP contribution in [0.3, 0.4) is 0 Å². The molecule has 0 aliphatic carbocycles. The summed E-state index contributed by atoms with van der Waals surface area (Å²) in [6.07, 6.45) is 2.27. The van der Waals surface area contributed by atoms with Crippen LogP contribution in [0.5, 0.6) is 0 Å². The number of carbonyl (C=O) groups excluding carboxylic acids is 1. The van der Waals surface area contributed by atoms with Gasteiger partial charge in [0.05, 0.1) is 0 Å². The topological polar surface area (TPSA) is 32.3 Å². The lowest BCUT2D eigenvalue weighted by Gasteiger charge is -2.32. The Kier molecular flexibility index (Phi) is 4.15. The van der Waals surface area contributed by atoms with Crippen molar-refractivity contribution >= 4 is 5.91 Å². The van der Waals surface area contributed by atoms with Crippen LogP contribution < -0.4 is 5.32 Å². The van der Waals surface area contributed by atoms with E-state index >= 15 is 0 Å². The number of benzene rings is 1. The van der Waals surface area contributed by atoms with E-state index in [0.29, 0.717) is 6.04 Å². The summed E-state index contributed by atoms with van der Waals surface area (Å²) in [6.45, 7) is 4.67. The number of amides is 1. The average molecular weight is 232 g/mol. The average Bonchev–Trinajstić information content (AvgIpc) is 2.30. The Morgan fingerprint density at radius 3 is 2.88 bits per heavy atom. The van der Waals surface area contributed by atoms with Gasteiger partial charge in [-0.25, -0.2) is 0 Å². The van der Waals surface area contributed by atoms with E-state index in [1.54, 1.807) is 6.92 Å². The molecule has 92 valence electrons. The summed E-state index contributed by atoms with van der Waals surface area (Å²) in [5, 5.41) is 3.02. The summed E-state index contributed by atoms with van der Waals surface area (Å²) >= 11 is 0. The van der Waals surface area contributed by atoms with Gasteiger partial charge in [-0.05, 0) is 24.9 Å². The Labute approximate surface area is 103 Å². The number of hydrogen-bond acceptors (Lipinski definition) is 2. The van der Waals surface area contributed by atoms with Crippen LogP contribution in [0.15, 0.2) is 30.3 Å². The maximum Gasteiger partial charge on any atom is 0.217 e. The fourth-order valence-electron chi connectivity index (χ4n) is 2.45. The minimum atomic E-state index is 0.0801. The Bertz CT molecular complexity index is 364. The molecule has 1 aliphatic rings. The van der Waals surface area contributed by atoms with Crippen molar-refractivity contribution < 1.29 is 4.79 Å². The van der Waals surface area contributed by atoms with Gasteiger partial charge in [0.15, 0.2) is 0 Å². The molecule has 1 aliphatic heterocycles. The van der Waals surface area contributed by atoms with Gasteiger partial charge in [-0.15, -0.1) is 0 Å². The van der Waals surface area contributed by atoms with Crippen LogP contribution in [0.4, 0.5) is 0 Å². The highest BCUT2D eigenvalue weighted by atomic mass is 16.1. The van der Waals surface area contributed by atoms with Gasteiger partial charge in [-0.1, -0.05) is 30.3 Å². The summed E-state index contributed by atoms with van der Waals surface area (Å²) in [6, 6.07) is 10.8. The van der Waals surface area contributed by atoms with Crippen LogP contribution in [0.25, 0.3) is 0 Å². The molecule has 1 saturated heterocycles. The molecule has 1 atom stereocenters. The van der Waals surface area contributed by atoms with Crippen molar-refractivity contribution in [3.05, 3.63) is 35.9 Å². The maximum atomic E-state index is 11.0. The fraction of sp³-hybridized carbons (Fsp3) is 0.500. The summed E-state index contributed by atoms with van der Waals surface area (Å²) in [7, 11) is 0. The summed E-state index contributed by atoms with van der Waals surface area (Å²) in [5.74, 6) is 0.0801. The molecule has 0 spiro atoms. The Morgan fingerprint density at radius 1 is 1.41 bits per heavy atom. The Balaban J connectivity index is 1.87. The lowest BCUT2D eigenvalue weighted by Crippen LogP contribution is -2.46. The quantitative estimate of drug-likeness (QED) is 0.861. The Hall–Kier alpha value is -1.35. The van der Waals surface area contributed by atoms with Crippen molar-refractivity contribution in [2.75, 3.05) is 13.1 Å². The molecule has 0 saturated carbocycles. The highest BCUT2D eigenvalue weighted by Gasteiger charge is 2.20. The van der Waals surface area contributed by atoms with Crippen molar-refractivity contribution in [3.63, 3.8) is 0 Å². The predicted octanol–water partition coefficient (Wildman–Crippen LogP) is 1.79. The van der Waals surface area contributed by atoms with Crippen LogP contribution in [0.2, 0.25) is 0 Å². The van der Waals surface area contributed by atoms with Crippen molar-refractivity contribution in [2.24, 2.45) is 0 Å². The SMILES string of the molecule is CC(=O)NC1CCCN(Cc2ccccc2)C1. The van der Waals surface area contributed by atoms with Gasteiger partial charge in [0.25, 0.3) is 0 Å². The third kappa shape index (κ3) is 3.86. The van der Waals surface area contributed by atoms with Crippen molar-refractivity contribution in [1.29, 1.82) is 0 Å². The van der Waals surface area contributed by atoms with Gasteiger partial charge in [0.2, 0.25) is 5.91 Å². The zero-order valence-electron chi connectivity index (χ0n) is 10.4. The fourth-order valence-corrected chi connectivity index (χ4v) is 2.45. The van der Waals surface area contributed by atoms with E-state index in [0.717, 1.165) is 32.5 Å². The maximum absolute atomic E-state index is 11.0. The molecule has 1 fully saturated rings. The number of hydrogen-bond donors (Lipinski definition) is 1. The highest BCUT2D eigenvalue weighted by molar-refractivity contribution is 5.73. The molecule has 2 rings (SSSR count). The van der Waals surface area contributed by atoms with E-state index < -0.39 is 0 Å². The molecule has 1 amide bonds. The normalized spacial score (nSPS) is 21.1. The van der Waals surface area contributed by atoms with Gasteiger partial charge in [0, 0.05) is 26.1 Å². The molecule has 0 bridgehead atoms. The lowest BCUT2D eigenvalue weighted by atomic mass is 10.0. The van der Waals surface area contributed by atoms with Gasteiger partial charge >= 0.3 is 0 Å². The largest absolute Gasteiger partial charge is 0.352 e. The minimum Gasteiger partial charge on any atom is -0.352 e. The lowest BCUT2D eigenvalue weighted by molar-refractivity contribution is -0.120. The molecule has 3 heteroatoms. The first-order chi connectivity index (χ1) is 8.24. The smallest absolute Gasteiger partial charge is 0.217 e. The van der Waals surface area contributed by atoms with E-state index in [4.69, 9.17) is 0 Å². The standard InChI is InChI=1S/C14H20N2O/c1-12(17)15-14-8-5-9-16(11-14)10-13-6-3-2-4-7-13/h2-4,6-7,14H,5,8-11H2,1H3,(H,15,17). The molecule has 1 heterocycles. The second-order valence-electron chi connectivity index (χ2n) is 4.76. The molecular formula is C14H20N2O. The zero-order valence-corrected chi connectivity index (χ0v) is 10.4. The van der Waals surface area contributed by atoms with Crippen LogP contribution in [-0.2, 0) is 11.3 Å². The van der Waals surface area contributed by atoms with E-state index in [1.807, 2.05) is 6.07 Å². The first-order valence-corrected chi connectivity index (χ1v) is 6.27. The van der Waals surface area contributed by atoms with Gasteiger partial charge in [0.1, 0.15) is 0 Å². The first kappa shape index (κ1) is 12.1. The van der Waals surface area contributed by atoms with Crippen LogP contribution in [0, 0.1) is 0 Å². The van der Waals surface area contributed by atoms with E-state index in [1.165, 1.54) is 5.56 Å². The molecule has 1 aromatic rings. The second kappa shape index (κ2) is 5.82. The van der Waals surface area contributed by atoms with E-state index in [2.05, 4.69) is 34.5 Å². The zero-order chi connectivity index (χ0) is 12.1. The number of nitrogens with one attached hydrogen (secondary N) is 1. The number of nitrogens with zero attached hydrogens (tertiary/aromatic N) is 1. The molecule has 17 heavy (non-hydrogen) atoms. The Morgan fingerprint density at radius 2 is 2.18 bits per heavy atom. The van der Waals surface area contributed by atoms with Crippen LogP contribution >= 0.6 is 0 Å². The van der Waals surface area contributed by atoms with Crippen molar-refractivity contribution in [2.45, 2.75) is 32.4 Å². The highest BCUT2D eigenvalue weighted by Crippen LogP contribution is 2.13. The van der Waals surface area contributed by atoms with Crippen molar-refractivity contribution in [1.82, 2.24) is 10.2 Å². The van der Waals surface area contributed by atoms with Gasteiger partial charge in [-0.3, -0.25) is 9.69 Å². The molecular weight excluding hydrogens is 212 g/mol. The summed E-state index contributed by atoms with van der Waals surface area (Å²) in [5.41, 5.74) is 1.34. The monoisotopic (exact) mass is 232 g/mol. The molecule has 1 aromatic carbocycles. The molecule has 0 aromatic heterocycles. The third-order valence-corrected chi connectivity index (χ3v) is 3.16. The number of piperidine rings is 1. The van der Waals surface area contributed by atoms with Crippen molar-refractivity contribution in [3.8, 4) is 0 Å². The third-order valence-electron chi connectivity index (χ3n) is 3.16. The summed E-state index contributed by atoms with van der Waals surface area (Å²) < 4.78 is 0. The summed E-state index contributed by atoms with van der Waals surface area (Å²) in [4.78, 5) is 13.5.